The number of hydrogen-bond donors (Lipinski definition) is 1. The number of carboxylic acids is 1. The molecule has 1 fully saturated rings. The topological polar surface area (TPSA) is 82.8 Å². The Hall–Kier alpha value is -4.37. The molecule has 9 heteroatoms. The van der Waals surface area contributed by atoms with E-state index in [1.54, 1.807) is 12.1 Å². The largest absolute Gasteiger partial charge is 0.477 e. The van der Waals surface area contributed by atoms with E-state index in [4.69, 9.17) is 0 Å². The molecule has 0 saturated carbocycles. The number of halogens is 2. The summed E-state index contributed by atoms with van der Waals surface area (Å²) in [6.45, 7) is 2.26. The number of aromatic carboxylic acids is 1. The first kappa shape index (κ1) is 24.3. The average molecular weight is 504 g/mol. The zero-order chi connectivity index (χ0) is 26.1. The Morgan fingerprint density at radius 1 is 0.892 bits per heavy atom. The predicted molar refractivity (Wildman–Crippen MR) is 136 cm³/mol. The predicted octanol–water partition coefficient (Wildman–Crippen LogP) is 3.97. The number of nitrogens with zero attached hydrogens (tertiary/aromatic N) is 3. The molecule has 188 valence electrons. The minimum atomic E-state index is -1.44. The number of rotatable bonds is 6. The van der Waals surface area contributed by atoms with Crippen molar-refractivity contribution in [3.63, 3.8) is 0 Å². The lowest BCUT2D eigenvalue weighted by atomic mass is 10.1. The number of aromatic nitrogens is 1. The standard InChI is InChI=1S/C28H23F2N3O4/c29-19-6-8-20(9-7-19)33-16-22(28(36)37)27(35)21-14-23(30)25(15-24(21)33)32-12-10-31(11-13-32)17-26(34)18-4-2-1-3-5-18/h1-9,14-16H,10-13,17H2,(H,36,37). The van der Waals surface area contributed by atoms with Gasteiger partial charge < -0.3 is 14.6 Å². The maximum atomic E-state index is 15.3. The van der Waals surface area contributed by atoms with Crippen LogP contribution in [-0.2, 0) is 0 Å². The van der Waals surface area contributed by atoms with Crippen LogP contribution in [0.3, 0.4) is 0 Å². The van der Waals surface area contributed by atoms with Crippen molar-refractivity contribution in [2.45, 2.75) is 0 Å². The van der Waals surface area contributed by atoms with Crippen LogP contribution in [0, 0.1) is 11.6 Å². The highest BCUT2D eigenvalue weighted by Gasteiger charge is 2.24. The van der Waals surface area contributed by atoms with E-state index in [0.29, 0.717) is 42.9 Å². The van der Waals surface area contributed by atoms with Gasteiger partial charge in [-0.15, -0.1) is 0 Å². The number of ketones is 1. The number of carbonyl (C=O) groups excluding carboxylic acids is 1. The van der Waals surface area contributed by atoms with Gasteiger partial charge in [0.2, 0.25) is 5.43 Å². The van der Waals surface area contributed by atoms with Crippen LogP contribution in [0.25, 0.3) is 16.6 Å². The molecule has 3 aromatic carbocycles. The monoisotopic (exact) mass is 503 g/mol. The van der Waals surface area contributed by atoms with Gasteiger partial charge in [-0.3, -0.25) is 14.5 Å². The lowest BCUT2D eigenvalue weighted by Gasteiger charge is -2.36. The van der Waals surface area contributed by atoms with Crippen molar-refractivity contribution in [2.75, 3.05) is 37.6 Å². The molecule has 1 aliphatic heterocycles. The molecule has 5 rings (SSSR count). The highest BCUT2D eigenvalue weighted by molar-refractivity contribution is 5.97. The summed E-state index contributed by atoms with van der Waals surface area (Å²) in [6.07, 6.45) is 1.18. The van der Waals surface area contributed by atoms with Crippen LogP contribution in [-0.4, -0.2) is 59.0 Å². The van der Waals surface area contributed by atoms with Crippen LogP contribution in [0.2, 0.25) is 0 Å². The molecule has 0 spiro atoms. The number of anilines is 1. The Balaban J connectivity index is 1.46. The highest BCUT2D eigenvalue weighted by Crippen LogP contribution is 2.28. The fourth-order valence-electron chi connectivity index (χ4n) is 4.61. The minimum absolute atomic E-state index is 0.0171. The molecule has 0 radical (unpaired) electrons. The van der Waals surface area contributed by atoms with Crippen molar-refractivity contribution in [3.8, 4) is 5.69 Å². The van der Waals surface area contributed by atoms with Crippen molar-refractivity contribution in [1.82, 2.24) is 9.47 Å². The molecule has 0 atom stereocenters. The van der Waals surface area contributed by atoms with Gasteiger partial charge in [-0.2, -0.15) is 0 Å². The Bertz CT molecular complexity index is 1540. The smallest absolute Gasteiger partial charge is 0.341 e. The zero-order valence-corrected chi connectivity index (χ0v) is 19.7. The number of benzene rings is 3. The van der Waals surface area contributed by atoms with E-state index < -0.39 is 28.6 Å². The first-order valence-electron chi connectivity index (χ1n) is 11.8. The normalized spacial score (nSPS) is 14.2. The number of hydrogen-bond acceptors (Lipinski definition) is 5. The number of pyridine rings is 1. The molecule has 1 aromatic heterocycles. The number of carbonyl (C=O) groups is 2. The van der Waals surface area contributed by atoms with Gasteiger partial charge >= 0.3 is 5.97 Å². The van der Waals surface area contributed by atoms with Crippen molar-refractivity contribution in [3.05, 3.63) is 106 Å². The molecule has 0 aliphatic carbocycles. The third kappa shape index (κ3) is 4.85. The van der Waals surface area contributed by atoms with Crippen LogP contribution >= 0.6 is 0 Å². The van der Waals surface area contributed by atoms with Crippen LogP contribution in [0.4, 0.5) is 14.5 Å². The lowest BCUT2D eigenvalue weighted by molar-refractivity contribution is 0.0694. The highest BCUT2D eigenvalue weighted by atomic mass is 19.1. The van der Waals surface area contributed by atoms with Gasteiger partial charge in [-0.1, -0.05) is 30.3 Å². The maximum absolute atomic E-state index is 15.3. The van der Waals surface area contributed by atoms with Crippen LogP contribution in [0.15, 0.2) is 77.7 Å². The van der Waals surface area contributed by atoms with Gasteiger partial charge in [0.25, 0.3) is 0 Å². The third-order valence-electron chi connectivity index (χ3n) is 6.58. The molecular weight excluding hydrogens is 480 g/mol. The summed E-state index contributed by atoms with van der Waals surface area (Å²) in [5, 5.41) is 9.44. The fraction of sp³-hybridized carbons (Fsp3) is 0.179. The van der Waals surface area contributed by atoms with E-state index in [1.165, 1.54) is 41.1 Å². The van der Waals surface area contributed by atoms with Crippen LogP contribution < -0.4 is 10.3 Å². The summed E-state index contributed by atoms with van der Waals surface area (Å²) in [5.41, 5.74) is 0.330. The van der Waals surface area contributed by atoms with Gasteiger partial charge in [-0.05, 0) is 36.4 Å². The second kappa shape index (κ2) is 9.94. The Kier molecular flexibility index (Phi) is 6.54. The summed E-state index contributed by atoms with van der Waals surface area (Å²) in [5.74, 6) is -2.54. The van der Waals surface area contributed by atoms with Crippen molar-refractivity contribution < 1.29 is 23.5 Å². The molecule has 4 aromatic rings. The van der Waals surface area contributed by atoms with Crippen LogP contribution in [0.5, 0.6) is 0 Å². The molecule has 1 aliphatic rings. The molecule has 0 unspecified atom stereocenters. The maximum Gasteiger partial charge on any atom is 0.341 e. The van der Waals surface area contributed by atoms with Gasteiger partial charge in [0.15, 0.2) is 5.78 Å². The zero-order valence-electron chi connectivity index (χ0n) is 19.7. The first-order chi connectivity index (χ1) is 17.8. The minimum Gasteiger partial charge on any atom is -0.477 e. The molecule has 1 saturated heterocycles. The Morgan fingerprint density at radius 3 is 2.22 bits per heavy atom. The molecule has 0 bridgehead atoms. The second-order valence-electron chi connectivity index (χ2n) is 8.90. The van der Waals surface area contributed by atoms with E-state index in [9.17, 15) is 23.9 Å². The first-order valence-corrected chi connectivity index (χ1v) is 11.8. The molecule has 2 heterocycles. The lowest BCUT2D eigenvalue weighted by Crippen LogP contribution is -2.48. The van der Waals surface area contributed by atoms with E-state index in [1.807, 2.05) is 28.0 Å². The summed E-state index contributed by atoms with van der Waals surface area (Å²) in [6, 6.07) is 17.0. The molecule has 37 heavy (non-hydrogen) atoms. The van der Waals surface area contributed by atoms with Crippen LogP contribution in [0.1, 0.15) is 20.7 Å². The Morgan fingerprint density at radius 2 is 1.57 bits per heavy atom. The van der Waals surface area contributed by atoms with Crippen molar-refractivity contribution in [2.24, 2.45) is 0 Å². The number of Topliss-reactive ketones (excluding diaryl/α,β-unsaturated/α-hetero) is 1. The summed E-state index contributed by atoms with van der Waals surface area (Å²) >= 11 is 0. The van der Waals surface area contributed by atoms with Gasteiger partial charge in [-0.25, -0.2) is 13.6 Å². The molecule has 0 amide bonds. The summed E-state index contributed by atoms with van der Waals surface area (Å²) in [4.78, 5) is 40.9. The molecule has 7 nitrogen and oxygen atoms in total. The number of fused-ring (bicyclic) bond motifs is 1. The van der Waals surface area contributed by atoms with Gasteiger partial charge in [0.05, 0.1) is 17.7 Å². The SMILES string of the molecule is O=C(CN1CCN(c2cc3c(cc2F)c(=O)c(C(=O)O)cn3-c2ccc(F)cc2)CC1)c1ccccc1. The van der Waals surface area contributed by atoms with Crippen molar-refractivity contribution >= 4 is 28.3 Å². The fourth-order valence-corrected chi connectivity index (χ4v) is 4.61. The Labute approximate surface area is 210 Å². The quantitative estimate of drug-likeness (QED) is 0.401. The summed E-state index contributed by atoms with van der Waals surface area (Å²) in [7, 11) is 0. The van der Waals surface area contributed by atoms with E-state index >= 15 is 4.39 Å². The molecule has 1 N–H and O–H groups in total. The van der Waals surface area contributed by atoms with Crippen molar-refractivity contribution in [1.29, 1.82) is 0 Å². The summed E-state index contributed by atoms with van der Waals surface area (Å²) < 4.78 is 30.3. The van der Waals surface area contributed by atoms with Gasteiger partial charge in [0, 0.05) is 49.0 Å². The van der Waals surface area contributed by atoms with E-state index in [-0.39, 0.29) is 23.4 Å². The third-order valence-corrected chi connectivity index (χ3v) is 6.58. The second-order valence-corrected chi connectivity index (χ2v) is 8.90. The number of carboxylic acid groups (broad SMARTS) is 1. The van der Waals surface area contributed by atoms with Gasteiger partial charge in [0.1, 0.15) is 17.2 Å². The van der Waals surface area contributed by atoms with E-state index in [0.717, 1.165) is 6.07 Å². The number of piperazine rings is 1. The van der Waals surface area contributed by atoms with E-state index in [2.05, 4.69) is 0 Å². The molecular formula is C28H23F2N3O4. The average Bonchev–Trinajstić information content (AvgIpc) is 2.90.